The molecular weight excluding hydrogens is 516 g/mol. The lowest BCUT2D eigenvalue weighted by Crippen LogP contribution is -2.56. The zero-order chi connectivity index (χ0) is 29.5. The zero-order valence-corrected chi connectivity index (χ0v) is 23.3. The van der Waals surface area contributed by atoms with Gasteiger partial charge in [-0.25, -0.2) is 4.98 Å². The number of aliphatic hydroxyl groups excluding tert-OH is 1. The van der Waals surface area contributed by atoms with E-state index < -0.39 is 48.4 Å². The predicted octanol–water partition coefficient (Wildman–Crippen LogP) is 0.437. The number of nitrogens with two attached hydrogens (primary N) is 1. The number of aryl methyl sites for hydroxylation is 3. The number of unbranched alkanes of at least 4 members (excludes halogenated alkanes) is 2. The van der Waals surface area contributed by atoms with Gasteiger partial charge in [0.15, 0.2) is 0 Å². The number of nitrogens with one attached hydrogen (secondary N) is 3. The van der Waals surface area contributed by atoms with E-state index in [1.807, 2.05) is 37.4 Å². The molecule has 2 aromatic rings. The van der Waals surface area contributed by atoms with Crippen molar-refractivity contribution in [3.8, 4) is 0 Å². The van der Waals surface area contributed by atoms with Gasteiger partial charge in [0.2, 0.25) is 17.7 Å². The monoisotopic (exact) mass is 558 g/mol. The average molecular weight is 559 g/mol. The van der Waals surface area contributed by atoms with Crippen LogP contribution >= 0.6 is 0 Å². The van der Waals surface area contributed by atoms with Crippen molar-refractivity contribution in [3.05, 3.63) is 53.6 Å². The van der Waals surface area contributed by atoms with E-state index >= 15 is 0 Å². The first-order chi connectivity index (χ1) is 19.1. The Labute approximate surface area is 234 Å². The Morgan fingerprint density at radius 3 is 2.23 bits per heavy atom. The first-order valence-corrected chi connectivity index (χ1v) is 13.6. The summed E-state index contributed by atoms with van der Waals surface area (Å²) in [6.07, 6.45) is 8.10. The second-order valence-electron chi connectivity index (χ2n) is 9.84. The molecular formula is C28H42N6O6. The summed E-state index contributed by atoms with van der Waals surface area (Å²) in [5.41, 5.74) is 7.43. The van der Waals surface area contributed by atoms with Crippen molar-refractivity contribution in [2.45, 2.75) is 83.5 Å². The van der Waals surface area contributed by atoms with Crippen LogP contribution in [0.2, 0.25) is 0 Å². The number of benzene rings is 1. The second kappa shape index (κ2) is 17.0. The van der Waals surface area contributed by atoms with E-state index in [0.29, 0.717) is 19.4 Å². The lowest BCUT2D eigenvalue weighted by atomic mass is 10.0. The second-order valence-corrected chi connectivity index (χ2v) is 9.84. The molecule has 220 valence electrons. The molecule has 0 fully saturated rings. The van der Waals surface area contributed by atoms with Crippen molar-refractivity contribution < 1.29 is 29.4 Å². The third-order valence-electron chi connectivity index (χ3n) is 6.57. The Kier molecular flexibility index (Phi) is 13.8. The molecule has 0 aliphatic carbocycles. The summed E-state index contributed by atoms with van der Waals surface area (Å²) < 4.78 is 2.12. The fourth-order valence-electron chi connectivity index (χ4n) is 4.11. The quantitative estimate of drug-likeness (QED) is 0.142. The number of aliphatic carboxylic acids is 1. The van der Waals surface area contributed by atoms with Crippen LogP contribution in [-0.4, -0.2) is 74.7 Å². The number of rotatable bonds is 18. The van der Waals surface area contributed by atoms with E-state index in [-0.39, 0.29) is 12.8 Å². The average Bonchev–Trinajstić information content (AvgIpc) is 3.34. The molecule has 12 nitrogen and oxygen atoms in total. The topological polar surface area (TPSA) is 189 Å². The van der Waals surface area contributed by atoms with Crippen molar-refractivity contribution in [1.29, 1.82) is 0 Å². The SMILES string of the molecule is Cc1nccn1CCCCc1ccc(CC(=O)NC(CO)C(=O)NC(CCCCN)C(=O)NC(C)C(=O)O)cc1. The van der Waals surface area contributed by atoms with Crippen molar-refractivity contribution in [2.24, 2.45) is 5.73 Å². The lowest BCUT2D eigenvalue weighted by molar-refractivity contribution is -0.141. The fraction of sp³-hybridized carbons (Fsp3) is 0.536. The van der Waals surface area contributed by atoms with E-state index in [0.717, 1.165) is 42.8 Å². The van der Waals surface area contributed by atoms with E-state index in [1.165, 1.54) is 6.92 Å². The first kappa shape index (κ1) is 32.4. The molecule has 2 rings (SSSR count). The molecule has 0 radical (unpaired) electrons. The van der Waals surface area contributed by atoms with Gasteiger partial charge in [-0.1, -0.05) is 24.3 Å². The first-order valence-electron chi connectivity index (χ1n) is 13.6. The van der Waals surface area contributed by atoms with Gasteiger partial charge >= 0.3 is 5.97 Å². The molecule has 0 spiro atoms. The van der Waals surface area contributed by atoms with Crippen LogP contribution in [0.15, 0.2) is 36.7 Å². The van der Waals surface area contributed by atoms with Gasteiger partial charge in [0, 0.05) is 18.9 Å². The predicted molar refractivity (Wildman–Crippen MR) is 149 cm³/mol. The van der Waals surface area contributed by atoms with Gasteiger partial charge in [0.1, 0.15) is 23.9 Å². The number of aliphatic hydroxyl groups is 1. The van der Waals surface area contributed by atoms with Gasteiger partial charge in [-0.3, -0.25) is 19.2 Å². The summed E-state index contributed by atoms with van der Waals surface area (Å²) in [5, 5.41) is 26.2. The van der Waals surface area contributed by atoms with Gasteiger partial charge in [-0.15, -0.1) is 0 Å². The van der Waals surface area contributed by atoms with Crippen LogP contribution < -0.4 is 21.7 Å². The van der Waals surface area contributed by atoms with Crippen molar-refractivity contribution in [3.63, 3.8) is 0 Å². The molecule has 12 heteroatoms. The Hall–Kier alpha value is -3.77. The third kappa shape index (κ3) is 11.1. The van der Waals surface area contributed by atoms with Crippen LogP contribution in [0.3, 0.4) is 0 Å². The van der Waals surface area contributed by atoms with Crippen LogP contribution in [0, 0.1) is 6.92 Å². The van der Waals surface area contributed by atoms with Crippen molar-refractivity contribution in [1.82, 2.24) is 25.5 Å². The van der Waals surface area contributed by atoms with Crippen LogP contribution in [0.4, 0.5) is 0 Å². The molecule has 1 heterocycles. The van der Waals surface area contributed by atoms with E-state index in [4.69, 9.17) is 10.8 Å². The molecule has 0 aliphatic heterocycles. The highest BCUT2D eigenvalue weighted by atomic mass is 16.4. The summed E-state index contributed by atoms with van der Waals surface area (Å²) in [4.78, 5) is 53.3. The van der Waals surface area contributed by atoms with Crippen molar-refractivity contribution >= 4 is 23.7 Å². The highest BCUT2D eigenvalue weighted by Gasteiger charge is 2.27. The minimum absolute atomic E-state index is 0.0144. The maximum absolute atomic E-state index is 12.8. The molecule has 1 aromatic carbocycles. The molecule has 40 heavy (non-hydrogen) atoms. The maximum Gasteiger partial charge on any atom is 0.325 e. The van der Waals surface area contributed by atoms with Crippen molar-refractivity contribution in [2.75, 3.05) is 13.2 Å². The minimum atomic E-state index is -1.27. The summed E-state index contributed by atoms with van der Waals surface area (Å²) in [6, 6.07) is 4.23. The number of imidazole rings is 1. The van der Waals surface area contributed by atoms with Gasteiger partial charge in [-0.2, -0.15) is 0 Å². The summed E-state index contributed by atoms with van der Waals surface area (Å²) in [5.74, 6) is -2.08. The maximum atomic E-state index is 12.8. The Balaban J connectivity index is 1.85. The van der Waals surface area contributed by atoms with Crippen LogP contribution in [0.1, 0.15) is 56.0 Å². The molecule has 3 unspecified atom stereocenters. The highest BCUT2D eigenvalue weighted by Crippen LogP contribution is 2.10. The number of carboxylic acid groups (broad SMARTS) is 1. The largest absolute Gasteiger partial charge is 0.480 e. The van der Waals surface area contributed by atoms with Crippen LogP contribution in [0.5, 0.6) is 0 Å². The number of nitrogens with zero attached hydrogens (tertiary/aromatic N) is 2. The molecule has 0 saturated carbocycles. The molecule has 7 N–H and O–H groups in total. The normalized spacial score (nSPS) is 13.2. The molecule has 1 aromatic heterocycles. The fourth-order valence-corrected chi connectivity index (χ4v) is 4.11. The third-order valence-corrected chi connectivity index (χ3v) is 6.57. The van der Waals surface area contributed by atoms with E-state index in [9.17, 15) is 24.3 Å². The van der Waals surface area contributed by atoms with E-state index in [1.54, 1.807) is 6.20 Å². The summed E-state index contributed by atoms with van der Waals surface area (Å²) >= 11 is 0. The minimum Gasteiger partial charge on any atom is -0.480 e. The van der Waals surface area contributed by atoms with Gasteiger partial charge in [0.05, 0.1) is 13.0 Å². The Morgan fingerprint density at radius 2 is 1.62 bits per heavy atom. The highest BCUT2D eigenvalue weighted by molar-refractivity contribution is 5.93. The zero-order valence-electron chi connectivity index (χ0n) is 23.3. The smallest absolute Gasteiger partial charge is 0.325 e. The van der Waals surface area contributed by atoms with Gasteiger partial charge < -0.3 is 36.5 Å². The molecule has 0 aliphatic rings. The number of carbonyl (C=O) groups excluding carboxylic acids is 3. The van der Waals surface area contributed by atoms with Crippen LogP contribution in [0.25, 0.3) is 0 Å². The molecule has 3 atom stereocenters. The van der Waals surface area contributed by atoms with Crippen LogP contribution in [-0.2, 0) is 38.6 Å². The van der Waals surface area contributed by atoms with Gasteiger partial charge in [0.25, 0.3) is 0 Å². The number of carboxylic acids is 1. The number of aromatic nitrogens is 2. The van der Waals surface area contributed by atoms with E-state index in [2.05, 4.69) is 25.5 Å². The summed E-state index contributed by atoms with van der Waals surface area (Å²) in [6.45, 7) is 3.94. The molecule has 0 bridgehead atoms. The lowest BCUT2D eigenvalue weighted by Gasteiger charge is -2.23. The van der Waals surface area contributed by atoms with Gasteiger partial charge in [-0.05, 0) is 70.0 Å². The molecule has 3 amide bonds. The number of hydrogen-bond acceptors (Lipinski definition) is 7. The summed E-state index contributed by atoms with van der Waals surface area (Å²) in [7, 11) is 0. The Morgan fingerprint density at radius 1 is 0.950 bits per heavy atom. The Bertz CT molecular complexity index is 1100. The molecule has 0 saturated heterocycles. The number of carbonyl (C=O) groups is 4. The standard InChI is InChI=1S/C28H42N6O6/c1-19(28(39)40)31-26(37)23(8-3-5-13-29)33-27(38)24(18-35)32-25(36)17-22-11-9-21(10-12-22)7-4-6-15-34-16-14-30-20(34)2/h9-12,14,16,19,23-24,35H,3-8,13,15,17-18,29H2,1-2H3,(H,31,37)(H,32,36)(H,33,38)(H,39,40). The number of amides is 3. The number of hydrogen-bond donors (Lipinski definition) is 6.